The number of rotatable bonds is 5. The number of nitrogens with zero attached hydrogens (tertiary/aromatic N) is 2. The number of ketones is 1. The Morgan fingerprint density at radius 3 is 2.21 bits per heavy atom. The lowest BCUT2D eigenvalue weighted by atomic mass is 10.1. The van der Waals surface area contributed by atoms with Gasteiger partial charge in [0.15, 0.2) is 6.20 Å². The Labute approximate surface area is 162 Å². The number of esters is 1. The van der Waals surface area contributed by atoms with Crippen LogP contribution in [-0.2, 0) is 6.54 Å². The third-order valence-corrected chi connectivity index (χ3v) is 4.30. The molecule has 5 heteroatoms. The van der Waals surface area contributed by atoms with E-state index in [1.807, 2.05) is 60.7 Å². The summed E-state index contributed by atoms with van der Waals surface area (Å²) in [4.78, 5) is 28.9. The van der Waals surface area contributed by atoms with Gasteiger partial charge in [-0.2, -0.15) is 4.57 Å². The molecular weight excluding hydrogens is 352 g/mol. The molecule has 0 amide bonds. The maximum atomic E-state index is 12.5. The molecule has 0 fully saturated rings. The van der Waals surface area contributed by atoms with E-state index in [2.05, 4.69) is 4.98 Å². The minimum Gasteiger partial charge on any atom is -0.422 e. The van der Waals surface area contributed by atoms with Crippen LogP contribution in [0, 0.1) is 0 Å². The number of hydrogen-bond donors (Lipinski definition) is 0. The Hall–Kier alpha value is -3.86. The summed E-state index contributed by atoms with van der Waals surface area (Å²) in [5, 5.41) is 0. The molecule has 0 spiro atoms. The van der Waals surface area contributed by atoms with Crippen molar-refractivity contribution >= 4 is 11.8 Å². The standard InChI is InChI=1S/C23H17N2O3/c26-22(17-7-3-1-4-8-17)16-25-12-11-24-21(15-25)23(27)28-20-13-18-9-5-2-6-10-19(18)14-20/h1-15H,16H2/q+1. The molecular formula is C23H17N2O3+. The Balaban J connectivity index is 1.50. The first-order chi connectivity index (χ1) is 13.7. The van der Waals surface area contributed by atoms with Gasteiger partial charge in [-0.3, -0.25) is 4.79 Å². The normalized spacial score (nSPS) is 10.6. The molecule has 4 rings (SSSR count). The first-order valence-corrected chi connectivity index (χ1v) is 8.83. The average Bonchev–Trinajstić information content (AvgIpc) is 2.96. The zero-order valence-corrected chi connectivity index (χ0v) is 15.0. The van der Waals surface area contributed by atoms with Crippen molar-refractivity contribution < 1.29 is 18.9 Å². The summed E-state index contributed by atoms with van der Waals surface area (Å²) >= 11 is 0. The van der Waals surface area contributed by atoms with Gasteiger partial charge in [-0.25, -0.2) is 9.78 Å². The van der Waals surface area contributed by atoms with Crippen molar-refractivity contribution in [2.45, 2.75) is 6.54 Å². The predicted octanol–water partition coefficient (Wildman–Crippen LogP) is 3.58. The molecule has 2 aromatic rings. The molecule has 0 N–H and O–H groups in total. The van der Waals surface area contributed by atoms with E-state index < -0.39 is 5.97 Å². The molecule has 1 aromatic heterocycles. The van der Waals surface area contributed by atoms with Gasteiger partial charge in [0, 0.05) is 5.56 Å². The highest BCUT2D eigenvalue weighted by Crippen LogP contribution is 2.29. The lowest BCUT2D eigenvalue weighted by Crippen LogP contribution is -2.38. The second kappa shape index (κ2) is 7.80. The topological polar surface area (TPSA) is 60.1 Å². The first kappa shape index (κ1) is 17.5. The number of Topliss-reactive ketones (excluding diaryl/α,β-unsaturated/α-hetero) is 1. The summed E-state index contributed by atoms with van der Waals surface area (Å²) in [6.45, 7) is 0.115. The van der Waals surface area contributed by atoms with E-state index in [0.717, 1.165) is 11.1 Å². The fourth-order valence-corrected chi connectivity index (χ4v) is 2.92. The van der Waals surface area contributed by atoms with E-state index >= 15 is 0 Å². The fourth-order valence-electron chi connectivity index (χ4n) is 2.92. The van der Waals surface area contributed by atoms with Gasteiger partial charge >= 0.3 is 5.97 Å². The Bertz CT molecular complexity index is 1080. The minimum atomic E-state index is -0.568. The number of carbonyl (C=O) groups excluding carboxylic acids is 2. The van der Waals surface area contributed by atoms with E-state index in [-0.39, 0.29) is 18.0 Å². The molecule has 0 radical (unpaired) electrons. The summed E-state index contributed by atoms with van der Waals surface area (Å²) < 4.78 is 7.09. The largest absolute Gasteiger partial charge is 0.422 e. The highest BCUT2D eigenvalue weighted by atomic mass is 16.5. The van der Waals surface area contributed by atoms with Crippen LogP contribution in [0.3, 0.4) is 0 Å². The smallest absolute Gasteiger partial charge is 0.368 e. The molecule has 136 valence electrons. The van der Waals surface area contributed by atoms with Crippen LogP contribution in [0.4, 0.5) is 0 Å². The first-order valence-electron chi connectivity index (χ1n) is 8.83. The Kier molecular flexibility index (Phi) is 4.89. The van der Waals surface area contributed by atoms with Gasteiger partial charge in [0.25, 0.3) is 0 Å². The van der Waals surface area contributed by atoms with Crippen LogP contribution in [0.5, 0.6) is 5.75 Å². The van der Waals surface area contributed by atoms with Crippen LogP contribution < -0.4 is 9.30 Å². The number of aromatic nitrogens is 2. The van der Waals surface area contributed by atoms with E-state index in [1.54, 1.807) is 22.9 Å². The third kappa shape index (κ3) is 3.94. The SMILES string of the molecule is O=C(C[n+]1ccnc(C(=O)Oc2cc3cccccc-3c2)c1)c1ccccc1. The molecule has 1 aromatic carbocycles. The van der Waals surface area contributed by atoms with Crippen molar-refractivity contribution in [3.05, 3.63) is 103 Å². The van der Waals surface area contributed by atoms with Gasteiger partial charge in [0.05, 0.1) is 6.20 Å². The van der Waals surface area contributed by atoms with Gasteiger partial charge in [-0.1, -0.05) is 60.7 Å². The number of carbonyl (C=O) groups is 2. The average molecular weight is 369 g/mol. The van der Waals surface area contributed by atoms with Gasteiger partial charge < -0.3 is 4.74 Å². The van der Waals surface area contributed by atoms with Crippen molar-refractivity contribution in [2.75, 3.05) is 0 Å². The van der Waals surface area contributed by atoms with Crippen LogP contribution in [0.15, 0.2) is 91.4 Å². The highest BCUT2D eigenvalue weighted by Gasteiger charge is 2.18. The molecule has 0 atom stereocenters. The van der Waals surface area contributed by atoms with E-state index in [4.69, 9.17) is 4.74 Å². The molecule has 0 saturated heterocycles. The number of ether oxygens (including phenoxy) is 1. The zero-order chi connectivity index (χ0) is 19.3. The molecule has 2 aliphatic rings. The fraction of sp³-hybridized carbons (Fsp3) is 0.0435. The van der Waals surface area contributed by atoms with Crippen molar-refractivity contribution in [3.8, 4) is 16.9 Å². The molecule has 0 aliphatic heterocycles. The van der Waals surface area contributed by atoms with Crippen molar-refractivity contribution in [1.82, 2.24) is 4.98 Å². The number of fused-ring (bicyclic) bond motifs is 1. The molecule has 5 nitrogen and oxygen atoms in total. The molecule has 0 bridgehead atoms. The quantitative estimate of drug-likeness (QED) is 0.307. The van der Waals surface area contributed by atoms with Crippen molar-refractivity contribution in [3.63, 3.8) is 0 Å². The van der Waals surface area contributed by atoms with Crippen LogP contribution in [0.2, 0.25) is 0 Å². The summed E-state index contributed by atoms with van der Waals surface area (Å²) in [6, 6.07) is 22.3. The van der Waals surface area contributed by atoms with Gasteiger partial charge in [-0.05, 0) is 23.3 Å². The molecule has 0 unspecified atom stereocenters. The van der Waals surface area contributed by atoms with Crippen LogP contribution in [0.25, 0.3) is 11.1 Å². The summed E-state index contributed by atoms with van der Waals surface area (Å²) in [6.07, 6.45) is 4.65. The Morgan fingerprint density at radius 1 is 0.893 bits per heavy atom. The van der Waals surface area contributed by atoms with Gasteiger partial charge in [0.2, 0.25) is 24.2 Å². The summed E-state index contributed by atoms with van der Waals surface area (Å²) in [7, 11) is 0. The molecule has 0 saturated carbocycles. The zero-order valence-electron chi connectivity index (χ0n) is 15.0. The lowest BCUT2D eigenvalue weighted by Gasteiger charge is -2.01. The molecule has 28 heavy (non-hydrogen) atoms. The number of benzene rings is 1. The Morgan fingerprint density at radius 2 is 1.54 bits per heavy atom. The van der Waals surface area contributed by atoms with Crippen molar-refractivity contribution in [2.24, 2.45) is 0 Å². The van der Waals surface area contributed by atoms with Gasteiger partial charge in [0.1, 0.15) is 5.75 Å². The highest BCUT2D eigenvalue weighted by molar-refractivity contribution is 5.95. The van der Waals surface area contributed by atoms with E-state index in [0.29, 0.717) is 11.3 Å². The maximum absolute atomic E-state index is 12.5. The second-order valence-electron chi connectivity index (χ2n) is 6.31. The van der Waals surface area contributed by atoms with E-state index in [1.165, 1.54) is 12.4 Å². The van der Waals surface area contributed by atoms with Crippen LogP contribution >= 0.6 is 0 Å². The third-order valence-electron chi connectivity index (χ3n) is 4.30. The monoisotopic (exact) mass is 369 g/mol. The van der Waals surface area contributed by atoms with Crippen LogP contribution in [0.1, 0.15) is 20.8 Å². The maximum Gasteiger partial charge on any atom is 0.368 e. The lowest BCUT2D eigenvalue weighted by molar-refractivity contribution is -0.683. The van der Waals surface area contributed by atoms with E-state index in [9.17, 15) is 9.59 Å². The second-order valence-corrected chi connectivity index (χ2v) is 6.31. The predicted molar refractivity (Wildman–Crippen MR) is 103 cm³/mol. The molecule has 2 aliphatic carbocycles. The van der Waals surface area contributed by atoms with Gasteiger partial charge in [-0.15, -0.1) is 0 Å². The van der Waals surface area contributed by atoms with Crippen LogP contribution in [-0.4, -0.2) is 16.7 Å². The summed E-state index contributed by atoms with van der Waals surface area (Å²) in [5.41, 5.74) is 2.72. The summed E-state index contributed by atoms with van der Waals surface area (Å²) in [5.74, 6) is -0.156. The minimum absolute atomic E-state index is 0.0497. The van der Waals surface area contributed by atoms with Crippen molar-refractivity contribution in [1.29, 1.82) is 0 Å². The molecule has 1 heterocycles. The number of hydrogen-bond acceptors (Lipinski definition) is 4.